The highest BCUT2D eigenvalue weighted by Gasteiger charge is 2.34. The van der Waals surface area contributed by atoms with E-state index in [0.29, 0.717) is 33.0 Å². The second kappa shape index (κ2) is 11.8. The van der Waals surface area contributed by atoms with E-state index < -0.39 is 12.0 Å². The molecule has 8 heteroatoms. The number of esters is 1. The third-order valence-electron chi connectivity index (χ3n) is 7.72. The molecule has 1 N–H and O–H groups in total. The normalized spacial score (nSPS) is 15.1. The average molecular weight is 606 g/mol. The van der Waals surface area contributed by atoms with E-state index in [0.717, 1.165) is 44.4 Å². The molecule has 0 amide bonds. The van der Waals surface area contributed by atoms with Crippen LogP contribution >= 0.6 is 11.3 Å². The Hall–Kier alpha value is -4.69. The molecule has 3 heterocycles. The summed E-state index contributed by atoms with van der Waals surface area (Å²) in [6.45, 7) is 12.1. The van der Waals surface area contributed by atoms with Crippen LogP contribution in [0, 0.1) is 13.8 Å². The Morgan fingerprint density at radius 3 is 2.48 bits per heavy atom. The van der Waals surface area contributed by atoms with Gasteiger partial charge in [-0.15, -0.1) is 0 Å². The fourth-order valence-corrected chi connectivity index (χ4v) is 6.90. The molecular formula is C36H35N3O4S. The minimum absolute atomic E-state index is 0.215. The molecule has 0 spiro atoms. The first-order valence-corrected chi connectivity index (χ1v) is 15.6. The number of hydrogen-bond donors (Lipinski definition) is 1. The number of carbonyl (C=O) groups excluding carboxylic acids is 1. The second-order valence-electron chi connectivity index (χ2n) is 11.3. The Bertz CT molecular complexity index is 2100. The molecular weight excluding hydrogens is 570 g/mol. The SMILES string of the molecule is CCOc1ccc([C@@H]2C(C(=O)OC(C)C)=C(C)N=c3s/c(=C/c4c(-c5ccccc5)[nH]c5c(C)cc(C)cc45)c(=O)n32)cc1. The third-order valence-corrected chi connectivity index (χ3v) is 8.70. The molecule has 224 valence electrons. The van der Waals surface area contributed by atoms with Gasteiger partial charge >= 0.3 is 5.97 Å². The van der Waals surface area contributed by atoms with E-state index in [-0.39, 0.29) is 11.7 Å². The predicted molar refractivity (Wildman–Crippen MR) is 176 cm³/mol. The van der Waals surface area contributed by atoms with Gasteiger partial charge in [0.1, 0.15) is 5.75 Å². The molecule has 0 unspecified atom stereocenters. The number of thiazole rings is 1. The van der Waals surface area contributed by atoms with Crippen LogP contribution in [0.4, 0.5) is 0 Å². The number of hydrogen-bond acceptors (Lipinski definition) is 6. The monoisotopic (exact) mass is 605 g/mol. The maximum atomic E-state index is 14.4. The summed E-state index contributed by atoms with van der Waals surface area (Å²) in [6.07, 6.45) is 1.64. The van der Waals surface area contributed by atoms with Gasteiger partial charge in [-0.25, -0.2) is 9.79 Å². The van der Waals surface area contributed by atoms with Crippen molar-refractivity contribution in [3.8, 4) is 17.0 Å². The Balaban J connectivity index is 1.60. The Morgan fingerprint density at radius 2 is 1.80 bits per heavy atom. The van der Waals surface area contributed by atoms with E-state index in [4.69, 9.17) is 14.5 Å². The van der Waals surface area contributed by atoms with Crippen molar-refractivity contribution in [1.82, 2.24) is 9.55 Å². The van der Waals surface area contributed by atoms with Gasteiger partial charge < -0.3 is 14.5 Å². The quantitative estimate of drug-likeness (QED) is 0.219. The number of fused-ring (bicyclic) bond motifs is 2. The van der Waals surface area contributed by atoms with E-state index in [1.807, 2.05) is 69.3 Å². The summed E-state index contributed by atoms with van der Waals surface area (Å²) in [5.74, 6) is 0.234. The third kappa shape index (κ3) is 5.30. The summed E-state index contributed by atoms with van der Waals surface area (Å²) < 4.78 is 13.5. The summed E-state index contributed by atoms with van der Waals surface area (Å²) >= 11 is 1.33. The van der Waals surface area contributed by atoms with Crippen molar-refractivity contribution in [2.24, 2.45) is 4.99 Å². The molecule has 1 aliphatic rings. The van der Waals surface area contributed by atoms with Gasteiger partial charge in [0.25, 0.3) is 5.56 Å². The maximum absolute atomic E-state index is 14.4. The van der Waals surface area contributed by atoms with Gasteiger partial charge in [0.05, 0.1) is 40.2 Å². The highest BCUT2D eigenvalue weighted by molar-refractivity contribution is 7.07. The summed E-state index contributed by atoms with van der Waals surface area (Å²) in [6, 6.07) is 21.3. The Morgan fingerprint density at radius 1 is 1.07 bits per heavy atom. The van der Waals surface area contributed by atoms with Crippen molar-refractivity contribution in [1.29, 1.82) is 0 Å². The van der Waals surface area contributed by atoms with Gasteiger partial charge in [-0.1, -0.05) is 65.4 Å². The predicted octanol–water partition coefficient (Wildman–Crippen LogP) is 6.35. The minimum atomic E-state index is -0.698. The van der Waals surface area contributed by atoms with Crippen molar-refractivity contribution in [2.75, 3.05) is 6.61 Å². The van der Waals surface area contributed by atoms with E-state index in [9.17, 15) is 9.59 Å². The van der Waals surface area contributed by atoms with E-state index >= 15 is 0 Å². The molecule has 0 saturated heterocycles. The smallest absolute Gasteiger partial charge is 0.338 e. The molecule has 7 nitrogen and oxygen atoms in total. The molecule has 1 atom stereocenters. The van der Waals surface area contributed by atoms with Crippen LogP contribution in [0.5, 0.6) is 5.75 Å². The number of aryl methyl sites for hydroxylation is 2. The first-order chi connectivity index (χ1) is 21.2. The molecule has 0 aliphatic carbocycles. The molecule has 6 rings (SSSR count). The fraction of sp³-hybridized carbons (Fsp3) is 0.250. The minimum Gasteiger partial charge on any atom is -0.494 e. The van der Waals surface area contributed by atoms with Crippen molar-refractivity contribution >= 4 is 34.3 Å². The van der Waals surface area contributed by atoms with Gasteiger partial charge in [0, 0.05) is 16.5 Å². The molecule has 1 aliphatic heterocycles. The molecule has 3 aromatic carbocycles. The first-order valence-electron chi connectivity index (χ1n) is 14.8. The maximum Gasteiger partial charge on any atom is 0.338 e. The summed E-state index contributed by atoms with van der Waals surface area (Å²) in [7, 11) is 0. The number of aromatic amines is 1. The average Bonchev–Trinajstić information content (AvgIpc) is 3.50. The zero-order valence-corrected chi connectivity index (χ0v) is 26.5. The van der Waals surface area contributed by atoms with Crippen LogP contribution in [-0.2, 0) is 9.53 Å². The van der Waals surface area contributed by atoms with Gasteiger partial charge in [0.15, 0.2) is 4.80 Å². The van der Waals surface area contributed by atoms with Crippen molar-refractivity contribution in [3.63, 3.8) is 0 Å². The lowest BCUT2D eigenvalue weighted by Gasteiger charge is -2.25. The highest BCUT2D eigenvalue weighted by atomic mass is 32.1. The van der Waals surface area contributed by atoms with Gasteiger partial charge in [0.2, 0.25) is 0 Å². The van der Waals surface area contributed by atoms with Crippen LogP contribution in [0.25, 0.3) is 28.2 Å². The zero-order chi connectivity index (χ0) is 31.1. The number of carbonyl (C=O) groups is 1. The number of nitrogens with zero attached hydrogens (tertiary/aromatic N) is 2. The fourth-order valence-electron chi connectivity index (χ4n) is 5.88. The Labute approximate surface area is 259 Å². The zero-order valence-electron chi connectivity index (χ0n) is 25.7. The van der Waals surface area contributed by atoms with E-state index in [2.05, 4.69) is 43.1 Å². The van der Waals surface area contributed by atoms with Crippen LogP contribution in [0.1, 0.15) is 56.0 Å². The van der Waals surface area contributed by atoms with E-state index in [1.54, 1.807) is 11.5 Å². The standard InChI is InChI=1S/C36H35N3O4S/c1-7-42-26-15-13-25(14-16-26)33-30(35(41)43-20(2)3)23(6)37-36-39(33)34(40)29(44-36)19-28-27-18-21(4)17-22(5)31(27)38-32(28)24-11-9-8-10-12-24/h8-20,33,38H,7H2,1-6H3/b29-19+/t33-/m1/s1. The number of rotatable bonds is 7. The second-order valence-corrected chi connectivity index (χ2v) is 12.3. The van der Waals surface area contributed by atoms with Crippen LogP contribution < -0.4 is 19.6 Å². The molecule has 44 heavy (non-hydrogen) atoms. The van der Waals surface area contributed by atoms with Crippen LogP contribution in [0.3, 0.4) is 0 Å². The van der Waals surface area contributed by atoms with Crippen LogP contribution in [0.15, 0.2) is 87.8 Å². The molecule has 2 aromatic heterocycles. The molecule has 0 bridgehead atoms. The van der Waals surface area contributed by atoms with Crippen molar-refractivity contribution < 1.29 is 14.3 Å². The number of benzene rings is 3. The number of allylic oxidation sites excluding steroid dienone is 1. The van der Waals surface area contributed by atoms with Crippen molar-refractivity contribution in [2.45, 2.75) is 53.7 Å². The highest BCUT2D eigenvalue weighted by Crippen LogP contribution is 2.34. The lowest BCUT2D eigenvalue weighted by Crippen LogP contribution is -2.40. The summed E-state index contributed by atoms with van der Waals surface area (Å²) in [5, 5.41) is 1.05. The van der Waals surface area contributed by atoms with Gasteiger partial charge in [-0.05, 0) is 82.5 Å². The molecule has 5 aromatic rings. The lowest BCUT2D eigenvalue weighted by atomic mass is 9.95. The van der Waals surface area contributed by atoms with Crippen LogP contribution in [-0.4, -0.2) is 28.2 Å². The summed E-state index contributed by atoms with van der Waals surface area (Å²) in [5.41, 5.74) is 7.67. The van der Waals surface area contributed by atoms with Crippen molar-refractivity contribution in [3.05, 3.63) is 120 Å². The largest absolute Gasteiger partial charge is 0.494 e. The number of aromatic nitrogens is 2. The number of nitrogens with one attached hydrogen (secondary N) is 1. The van der Waals surface area contributed by atoms with E-state index in [1.165, 1.54) is 11.3 Å². The topological polar surface area (TPSA) is 85.7 Å². The van der Waals surface area contributed by atoms with Crippen LogP contribution in [0.2, 0.25) is 0 Å². The number of ether oxygens (including phenoxy) is 2. The Kier molecular flexibility index (Phi) is 7.86. The first kappa shape index (κ1) is 29.4. The van der Waals surface area contributed by atoms with Gasteiger partial charge in [-0.3, -0.25) is 9.36 Å². The molecule has 0 fully saturated rings. The lowest BCUT2D eigenvalue weighted by molar-refractivity contribution is -0.143. The summed E-state index contributed by atoms with van der Waals surface area (Å²) in [4.78, 5) is 36.8. The molecule has 0 saturated carbocycles. The van der Waals surface area contributed by atoms with Gasteiger partial charge in [-0.2, -0.15) is 0 Å². The number of H-pyrrole nitrogens is 1. The molecule has 0 radical (unpaired) electrons.